The number of aryl methyl sites for hydroxylation is 1. The molecule has 0 aliphatic heterocycles. The van der Waals surface area contributed by atoms with Crippen molar-refractivity contribution >= 4 is 5.91 Å². The first-order chi connectivity index (χ1) is 11.7. The Morgan fingerprint density at radius 3 is 2.67 bits per heavy atom. The van der Waals surface area contributed by atoms with Gasteiger partial charge in [0.05, 0.1) is 0 Å². The van der Waals surface area contributed by atoms with E-state index in [4.69, 9.17) is 9.26 Å². The van der Waals surface area contributed by atoms with Gasteiger partial charge in [0.1, 0.15) is 13.2 Å². The third-order valence-electron chi connectivity index (χ3n) is 4.39. The van der Waals surface area contributed by atoms with Crippen molar-refractivity contribution in [3.63, 3.8) is 0 Å². The van der Waals surface area contributed by atoms with Crippen LogP contribution in [-0.2, 0) is 16.1 Å². The van der Waals surface area contributed by atoms with Crippen LogP contribution in [0.1, 0.15) is 48.9 Å². The van der Waals surface area contributed by atoms with E-state index in [2.05, 4.69) is 39.7 Å². The molecule has 1 N–H and O–H groups in total. The quantitative estimate of drug-likeness (QED) is 0.882. The summed E-state index contributed by atoms with van der Waals surface area (Å²) in [5.41, 5.74) is 1.40. The third kappa shape index (κ3) is 4.64. The molecular weight excluding hydrogens is 306 g/mol. The fourth-order valence-corrected chi connectivity index (χ4v) is 3.20. The Morgan fingerprint density at radius 2 is 2.00 bits per heavy atom. The van der Waals surface area contributed by atoms with Crippen molar-refractivity contribution < 1.29 is 14.1 Å². The SMILES string of the molecule is Cc1noc(COCC(=O)NC2CCC(c3ccccc3)CC2)n1. The lowest BCUT2D eigenvalue weighted by molar-refractivity contribution is -0.127. The number of carbonyl (C=O) groups is 1. The molecule has 0 bridgehead atoms. The van der Waals surface area contributed by atoms with Gasteiger partial charge in [-0.3, -0.25) is 4.79 Å². The Labute approximate surface area is 141 Å². The molecule has 24 heavy (non-hydrogen) atoms. The summed E-state index contributed by atoms with van der Waals surface area (Å²) in [7, 11) is 0. The van der Waals surface area contributed by atoms with Gasteiger partial charge >= 0.3 is 0 Å². The largest absolute Gasteiger partial charge is 0.362 e. The molecule has 1 saturated carbocycles. The lowest BCUT2D eigenvalue weighted by Crippen LogP contribution is -2.39. The number of carbonyl (C=O) groups excluding carboxylic acids is 1. The summed E-state index contributed by atoms with van der Waals surface area (Å²) in [5, 5.41) is 6.73. The summed E-state index contributed by atoms with van der Waals surface area (Å²) in [6, 6.07) is 10.8. The molecule has 1 amide bonds. The topological polar surface area (TPSA) is 77.2 Å². The maximum atomic E-state index is 12.0. The number of ether oxygens (including phenoxy) is 1. The maximum absolute atomic E-state index is 12.0. The molecule has 0 spiro atoms. The van der Waals surface area contributed by atoms with Crippen LogP contribution in [0.2, 0.25) is 0 Å². The van der Waals surface area contributed by atoms with Gasteiger partial charge in [-0.1, -0.05) is 35.5 Å². The van der Waals surface area contributed by atoms with Gasteiger partial charge in [-0.05, 0) is 44.1 Å². The van der Waals surface area contributed by atoms with Crippen LogP contribution in [0.3, 0.4) is 0 Å². The van der Waals surface area contributed by atoms with Gasteiger partial charge in [0.25, 0.3) is 5.89 Å². The highest BCUT2D eigenvalue weighted by molar-refractivity contribution is 5.77. The van der Waals surface area contributed by atoms with Gasteiger partial charge in [-0.15, -0.1) is 0 Å². The van der Waals surface area contributed by atoms with Crippen LogP contribution in [0, 0.1) is 6.92 Å². The Balaban J connectivity index is 1.35. The number of nitrogens with zero attached hydrogens (tertiary/aromatic N) is 2. The molecule has 2 aromatic rings. The summed E-state index contributed by atoms with van der Waals surface area (Å²) in [6.45, 7) is 1.92. The number of hydrogen-bond acceptors (Lipinski definition) is 5. The van der Waals surface area contributed by atoms with E-state index in [1.54, 1.807) is 6.92 Å². The summed E-state index contributed by atoms with van der Waals surface area (Å²) < 4.78 is 10.3. The van der Waals surface area contributed by atoms with E-state index < -0.39 is 0 Å². The van der Waals surface area contributed by atoms with E-state index in [1.807, 2.05) is 6.07 Å². The van der Waals surface area contributed by atoms with Gasteiger partial charge in [0, 0.05) is 6.04 Å². The fourth-order valence-electron chi connectivity index (χ4n) is 3.20. The molecule has 3 rings (SSSR count). The number of nitrogens with one attached hydrogen (secondary N) is 1. The highest BCUT2D eigenvalue weighted by Crippen LogP contribution is 2.32. The van der Waals surface area contributed by atoms with Crippen molar-refractivity contribution in [2.45, 2.75) is 51.2 Å². The minimum atomic E-state index is -0.0885. The lowest BCUT2D eigenvalue weighted by Gasteiger charge is -2.29. The summed E-state index contributed by atoms with van der Waals surface area (Å²) in [5.74, 6) is 1.47. The molecule has 1 aromatic carbocycles. The van der Waals surface area contributed by atoms with Crippen molar-refractivity contribution in [2.75, 3.05) is 6.61 Å². The molecule has 1 aliphatic carbocycles. The van der Waals surface area contributed by atoms with Gasteiger partial charge in [-0.25, -0.2) is 0 Å². The zero-order chi connectivity index (χ0) is 16.8. The van der Waals surface area contributed by atoms with Crippen molar-refractivity contribution in [2.24, 2.45) is 0 Å². The van der Waals surface area contributed by atoms with Crippen LogP contribution in [0.15, 0.2) is 34.9 Å². The standard InChI is InChI=1S/C18H23N3O3/c1-13-19-18(24-21-13)12-23-11-17(22)20-16-9-7-15(8-10-16)14-5-3-2-4-6-14/h2-6,15-16H,7-12H2,1H3,(H,20,22). The summed E-state index contributed by atoms with van der Waals surface area (Å²) in [4.78, 5) is 16.0. The number of rotatable bonds is 6. The summed E-state index contributed by atoms with van der Waals surface area (Å²) >= 11 is 0. The Bertz CT molecular complexity index is 649. The van der Waals surface area contributed by atoms with E-state index in [0.717, 1.165) is 25.7 Å². The van der Waals surface area contributed by atoms with Gasteiger partial charge in [0.15, 0.2) is 5.82 Å². The van der Waals surface area contributed by atoms with Crippen molar-refractivity contribution in [1.29, 1.82) is 0 Å². The predicted molar refractivity (Wildman–Crippen MR) is 88.3 cm³/mol. The minimum absolute atomic E-state index is 0.0139. The van der Waals surface area contributed by atoms with Crippen molar-refractivity contribution in [1.82, 2.24) is 15.5 Å². The Kier molecular flexibility index (Phi) is 5.59. The van der Waals surface area contributed by atoms with E-state index in [-0.39, 0.29) is 25.2 Å². The normalized spacial score (nSPS) is 20.7. The number of hydrogen-bond donors (Lipinski definition) is 1. The van der Waals surface area contributed by atoms with Gasteiger partial charge < -0.3 is 14.6 Å². The first-order valence-electron chi connectivity index (χ1n) is 8.42. The average Bonchev–Trinajstić information content (AvgIpc) is 3.02. The number of aromatic nitrogens is 2. The highest BCUT2D eigenvalue weighted by atomic mass is 16.5. The predicted octanol–water partition coefficient (Wildman–Crippen LogP) is 2.74. The average molecular weight is 329 g/mol. The van der Waals surface area contributed by atoms with Crippen LogP contribution in [-0.4, -0.2) is 28.7 Å². The molecule has 0 atom stereocenters. The van der Waals surface area contributed by atoms with Crippen LogP contribution < -0.4 is 5.32 Å². The molecule has 6 nitrogen and oxygen atoms in total. The van der Waals surface area contributed by atoms with Gasteiger partial charge in [-0.2, -0.15) is 4.98 Å². The molecular formula is C18H23N3O3. The zero-order valence-electron chi connectivity index (χ0n) is 13.9. The summed E-state index contributed by atoms with van der Waals surface area (Å²) in [6.07, 6.45) is 4.23. The van der Waals surface area contributed by atoms with Crippen LogP contribution in [0.5, 0.6) is 0 Å². The van der Waals surface area contributed by atoms with Crippen molar-refractivity contribution in [3.8, 4) is 0 Å². The first-order valence-corrected chi connectivity index (χ1v) is 8.42. The fraction of sp³-hybridized carbons (Fsp3) is 0.500. The number of benzene rings is 1. The van der Waals surface area contributed by atoms with E-state index in [9.17, 15) is 4.79 Å². The van der Waals surface area contributed by atoms with Crippen LogP contribution in [0.4, 0.5) is 0 Å². The Hall–Kier alpha value is -2.21. The second-order valence-corrected chi connectivity index (χ2v) is 6.25. The lowest BCUT2D eigenvalue weighted by atomic mass is 9.82. The van der Waals surface area contributed by atoms with E-state index in [0.29, 0.717) is 17.6 Å². The van der Waals surface area contributed by atoms with Crippen LogP contribution >= 0.6 is 0 Å². The first kappa shape index (κ1) is 16.6. The third-order valence-corrected chi connectivity index (χ3v) is 4.39. The molecule has 1 fully saturated rings. The molecule has 6 heteroatoms. The molecule has 0 saturated heterocycles. The molecule has 128 valence electrons. The molecule has 1 aliphatic rings. The zero-order valence-corrected chi connectivity index (χ0v) is 13.9. The minimum Gasteiger partial charge on any atom is -0.362 e. The Morgan fingerprint density at radius 1 is 1.25 bits per heavy atom. The molecule has 1 heterocycles. The molecule has 0 radical (unpaired) electrons. The maximum Gasteiger partial charge on any atom is 0.252 e. The number of amides is 1. The van der Waals surface area contributed by atoms with Crippen LogP contribution in [0.25, 0.3) is 0 Å². The highest BCUT2D eigenvalue weighted by Gasteiger charge is 2.23. The molecule has 1 aromatic heterocycles. The van der Waals surface area contributed by atoms with E-state index >= 15 is 0 Å². The molecule has 0 unspecified atom stereocenters. The smallest absolute Gasteiger partial charge is 0.252 e. The second-order valence-electron chi connectivity index (χ2n) is 6.25. The van der Waals surface area contributed by atoms with Gasteiger partial charge in [0.2, 0.25) is 5.91 Å². The van der Waals surface area contributed by atoms with E-state index in [1.165, 1.54) is 5.56 Å². The second kappa shape index (κ2) is 8.06. The monoisotopic (exact) mass is 329 g/mol. The van der Waals surface area contributed by atoms with Crippen molar-refractivity contribution in [3.05, 3.63) is 47.6 Å².